The van der Waals surface area contributed by atoms with Crippen LogP contribution in [-0.2, 0) is 12.4 Å². The Morgan fingerprint density at radius 2 is 1.52 bits per heavy atom. The summed E-state index contributed by atoms with van der Waals surface area (Å²) in [5, 5.41) is 8.94. The van der Waals surface area contributed by atoms with Crippen molar-refractivity contribution in [3.8, 4) is 5.75 Å². The first kappa shape index (κ1) is 19.1. The molecule has 1 N–H and O–H groups in total. The minimum absolute atomic E-state index is 0.00978. The average Bonchev–Trinajstić information content (AvgIpc) is 2.72. The van der Waals surface area contributed by atoms with Crippen LogP contribution in [0.1, 0.15) is 11.1 Å². The van der Waals surface area contributed by atoms with Crippen molar-refractivity contribution in [1.82, 2.24) is 9.80 Å². The van der Waals surface area contributed by atoms with Crippen LogP contribution in [0.5, 0.6) is 5.75 Å². The maximum atomic E-state index is 12.3. The van der Waals surface area contributed by atoms with E-state index in [1.165, 1.54) is 16.7 Å². The van der Waals surface area contributed by atoms with E-state index in [1.807, 2.05) is 54.6 Å². The van der Waals surface area contributed by atoms with Gasteiger partial charge >= 0.3 is 6.09 Å². The maximum Gasteiger partial charge on any atom is 0.407 e. The van der Waals surface area contributed by atoms with Gasteiger partial charge < -0.3 is 19.6 Å². The van der Waals surface area contributed by atoms with Gasteiger partial charge in [0.2, 0.25) is 0 Å². The highest BCUT2D eigenvalue weighted by Gasteiger charge is 2.23. The molecule has 142 valence electrons. The summed E-state index contributed by atoms with van der Waals surface area (Å²) >= 11 is 1.24. The van der Waals surface area contributed by atoms with E-state index in [-0.39, 0.29) is 5.24 Å². The Morgan fingerprint density at radius 1 is 0.889 bits per heavy atom. The number of rotatable bonds is 5. The van der Waals surface area contributed by atoms with E-state index in [2.05, 4.69) is 0 Å². The Labute approximate surface area is 162 Å². The lowest BCUT2D eigenvalue weighted by molar-refractivity contribution is 0.117. The van der Waals surface area contributed by atoms with Crippen molar-refractivity contribution >= 4 is 23.1 Å². The zero-order valence-electron chi connectivity index (χ0n) is 14.9. The normalized spacial score (nSPS) is 14.1. The quantitative estimate of drug-likeness (QED) is 0.844. The van der Waals surface area contributed by atoms with Gasteiger partial charge in [0, 0.05) is 31.9 Å². The summed E-state index contributed by atoms with van der Waals surface area (Å²) in [7, 11) is 0. The first-order chi connectivity index (χ1) is 13.1. The molecule has 0 bridgehead atoms. The van der Waals surface area contributed by atoms with Crippen molar-refractivity contribution in [2.45, 2.75) is 12.4 Å². The number of benzene rings is 2. The Balaban J connectivity index is 1.42. The number of carbonyl (C=O) groups is 2. The van der Waals surface area contributed by atoms with E-state index < -0.39 is 6.09 Å². The number of hydrogen-bond donors (Lipinski definition) is 1. The van der Waals surface area contributed by atoms with Crippen molar-refractivity contribution in [3.05, 3.63) is 65.7 Å². The Bertz CT molecular complexity index is 759. The third-order valence-corrected chi connectivity index (χ3v) is 5.33. The summed E-state index contributed by atoms with van der Waals surface area (Å²) in [5.74, 6) is 1.38. The van der Waals surface area contributed by atoms with Gasteiger partial charge in [-0.1, -0.05) is 54.2 Å². The van der Waals surface area contributed by atoms with Crippen molar-refractivity contribution < 1.29 is 19.4 Å². The third-order valence-electron chi connectivity index (χ3n) is 4.34. The molecular weight excluding hydrogens is 364 g/mol. The van der Waals surface area contributed by atoms with Gasteiger partial charge in [0.1, 0.15) is 12.4 Å². The molecule has 0 aromatic heterocycles. The van der Waals surface area contributed by atoms with Crippen LogP contribution in [0.15, 0.2) is 54.6 Å². The van der Waals surface area contributed by atoms with Crippen molar-refractivity contribution in [2.75, 3.05) is 26.2 Å². The zero-order chi connectivity index (χ0) is 19.1. The maximum absolute atomic E-state index is 12.3. The van der Waals surface area contributed by atoms with Crippen LogP contribution < -0.4 is 4.74 Å². The lowest BCUT2D eigenvalue weighted by Gasteiger charge is -2.32. The molecule has 1 fully saturated rings. The number of carbonyl (C=O) groups excluding carboxylic acids is 1. The number of piperazine rings is 1. The third kappa shape index (κ3) is 5.65. The molecule has 0 spiro atoms. The van der Waals surface area contributed by atoms with Gasteiger partial charge in [0.25, 0.3) is 5.24 Å². The van der Waals surface area contributed by atoms with E-state index in [4.69, 9.17) is 9.84 Å². The van der Waals surface area contributed by atoms with Crippen LogP contribution in [0.3, 0.4) is 0 Å². The Kier molecular flexibility index (Phi) is 6.59. The molecule has 7 heteroatoms. The van der Waals surface area contributed by atoms with Crippen LogP contribution in [-0.4, -0.2) is 52.4 Å². The SMILES string of the molecule is O=C(O)N1CCN(C(=O)SCc2ccc(OCc3ccccc3)cc2)CC1. The molecule has 2 aromatic rings. The lowest BCUT2D eigenvalue weighted by Crippen LogP contribution is -2.49. The number of ether oxygens (including phenoxy) is 1. The molecule has 1 aliphatic rings. The number of nitrogens with zero attached hydrogens (tertiary/aromatic N) is 2. The molecule has 6 nitrogen and oxygen atoms in total. The van der Waals surface area contributed by atoms with Crippen LogP contribution >= 0.6 is 11.8 Å². The molecule has 1 saturated heterocycles. The molecule has 0 radical (unpaired) electrons. The molecule has 2 amide bonds. The summed E-state index contributed by atoms with van der Waals surface area (Å²) in [6.45, 7) is 2.16. The van der Waals surface area contributed by atoms with Gasteiger partial charge in [0.15, 0.2) is 0 Å². The molecule has 0 saturated carbocycles. The summed E-state index contributed by atoms with van der Waals surface area (Å²) in [4.78, 5) is 26.2. The standard InChI is InChI=1S/C20H22N2O4S/c23-19(24)21-10-12-22(13-11-21)20(25)27-15-17-6-8-18(9-7-17)26-14-16-4-2-1-3-5-16/h1-9H,10-15H2,(H,23,24). The highest BCUT2D eigenvalue weighted by molar-refractivity contribution is 8.12. The van der Waals surface area contributed by atoms with Crippen molar-refractivity contribution in [2.24, 2.45) is 0 Å². The molecular formula is C20H22N2O4S. The first-order valence-corrected chi connectivity index (χ1v) is 9.75. The molecule has 1 heterocycles. The number of carboxylic acid groups (broad SMARTS) is 1. The Morgan fingerprint density at radius 3 is 2.15 bits per heavy atom. The highest BCUT2D eigenvalue weighted by Crippen LogP contribution is 2.20. The van der Waals surface area contributed by atoms with Crippen molar-refractivity contribution in [3.63, 3.8) is 0 Å². The molecule has 0 atom stereocenters. The lowest BCUT2D eigenvalue weighted by atomic mass is 10.2. The second-order valence-corrected chi connectivity index (χ2v) is 7.16. The van der Waals surface area contributed by atoms with Crippen LogP contribution in [0, 0.1) is 0 Å². The number of thioether (sulfide) groups is 1. The van der Waals surface area contributed by atoms with Crippen LogP contribution in [0.2, 0.25) is 0 Å². The molecule has 0 unspecified atom stereocenters. The fourth-order valence-electron chi connectivity index (χ4n) is 2.74. The van der Waals surface area contributed by atoms with E-state index in [0.29, 0.717) is 38.5 Å². The summed E-state index contributed by atoms with van der Waals surface area (Å²) in [5.41, 5.74) is 2.16. The molecule has 1 aliphatic heterocycles. The summed E-state index contributed by atoms with van der Waals surface area (Å²) < 4.78 is 5.76. The van der Waals surface area contributed by atoms with Crippen molar-refractivity contribution in [1.29, 1.82) is 0 Å². The predicted octanol–water partition coefficient (Wildman–Crippen LogP) is 3.91. The smallest absolute Gasteiger partial charge is 0.407 e. The molecule has 2 aromatic carbocycles. The fourth-order valence-corrected chi connectivity index (χ4v) is 3.59. The molecule has 0 aliphatic carbocycles. The zero-order valence-corrected chi connectivity index (χ0v) is 15.7. The summed E-state index contributed by atoms with van der Waals surface area (Å²) in [6, 6.07) is 17.7. The minimum Gasteiger partial charge on any atom is -0.489 e. The second kappa shape index (κ2) is 9.32. The minimum atomic E-state index is -0.927. The average molecular weight is 386 g/mol. The Hall–Kier alpha value is -2.67. The van der Waals surface area contributed by atoms with E-state index in [9.17, 15) is 9.59 Å². The second-order valence-electron chi connectivity index (χ2n) is 6.23. The topological polar surface area (TPSA) is 70.1 Å². The van der Waals surface area contributed by atoms with Gasteiger partial charge in [0.05, 0.1) is 0 Å². The van der Waals surface area contributed by atoms with Crippen LogP contribution in [0.4, 0.5) is 9.59 Å². The van der Waals surface area contributed by atoms with Gasteiger partial charge in [-0.05, 0) is 23.3 Å². The monoisotopic (exact) mass is 386 g/mol. The molecule has 27 heavy (non-hydrogen) atoms. The molecule has 3 rings (SSSR count). The van der Waals surface area contributed by atoms with Gasteiger partial charge in [-0.3, -0.25) is 4.79 Å². The highest BCUT2D eigenvalue weighted by atomic mass is 32.2. The number of hydrogen-bond acceptors (Lipinski definition) is 4. The largest absolute Gasteiger partial charge is 0.489 e. The van der Waals surface area contributed by atoms with E-state index in [1.54, 1.807) is 4.90 Å². The summed E-state index contributed by atoms with van der Waals surface area (Å²) in [6.07, 6.45) is -0.927. The first-order valence-electron chi connectivity index (χ1n) is 8.77. The van der Waals surface area contributed by atoms with Gasteiger partial charge in [-0.15, -0.1) is 0 Å². The predicted molar refractivity (Wildman–Crippen MR) is 105 cm³/mol. The van der Waals surface area contributed by atoms with Gasteiger partial charge in [-0.25, -0.2) is 4.79 Å². The van der Waals surface area contributed by atoms with E-state index in [0.717, 1.165) is 16.9 Å². The number of amides is 2. The van der Waals surface area contributed by atoms with Crippen LogP contribution in [0.25, 0.3) is 0 Å². The van der Waals surface area contributed by atoms with E-state index >= 15 is 0 Å². The fraction of sp³-hybridized carbons (Fsp3) is 0.300. The van der Waals surface area contributed by atoms with Gasteiger partial charge in [-0.2, -0.15) is 0 Å².